The van der Waals surface area contributed by atoms with E-state index < -0.39 is 70.8 Å². The number of carbonyl (C=O) groups is 3. The van der Waals surface area contributed by atoms with E-state index in [0.29, 0.717) is 25.1 Å². The van der Waals surface area contributed by atoms with E-state index in [-0.39, 0.29) is 25.2 Å². The molecule has 1 N–H and O–H groups in total. The molecule has 10 atom stereocenters. The van der Waals surface area contributed by atoms with Gasteiger partial charge in [0.05, 0.1) is 17.8 Å². The third-order valence-electron chi connectivity index (χ3n) is 10.7. The van der Waals surface area contributed by atoms with E-state index in [0.717, 1.165) is 11.9 Å². The molecule has 2 fully saturated rings. The van der Waals surface area contributed by atoms with Gasteiger partial charge in [-0.3, -0.25) is 14.3 Å². The van der Waals surface area contributed by atoms with Gasteiger partial charge in [-0.05, 0) is 52.3 Å². The summed E-state index contributed by atoms with van der Waals surface area (Å²) in [5.41, 5.74) is -4.48. The minimum Gasteiger partial charge on any atom is -0.438 e. The van der Waals surface area contributed by atoms with Gasteiger partial charge < -0.3 is 24.2 Å². The van der Waals surface area contributed by atoms with Gasteiger partial charge in [0.2, 0.25) is 5.67 Å². The van der Waals surface area contributed by atoms with Crippen LogP contribution in [0.15, 0.2) is 17.8 Å². The molecule has 0 aliphatic carbocycles. The number of aliphatic hydroxyl groups is 1. The first kappa shape index (κ1) is 37.1. The second-order valence-corrected chi connectivity index (χ2v) is 14.7. The van der Waals surface area contributed by atoms with Crippen molar-refractivity contribution < 1.29 is 38.1 Å². The highest BCUT2D eigenvalue weighted by Gasteiger charge is 2.60. The molecule has 2 aromatic heterocycles. The Kier molecular flexibility index (Phi) is 11.4. The molecule has 0 bridgehead atoms. The van der Waals surface area contributed by atoms with Crippen molar-refractivity contribution in [1.29, 1.82) is 0 Å². The Bertz CT molecular complexity index is 1410. The quantitative estimate of drug-likeness (QED) is 0.323. The summed E-state index contributed by atoms with van der Waals surface area (Å²) >= 11 is 1.48. The first-order chi connectivity index (χ1) is 22.0. The first-order valence-corrected chi connectivity index (χ1v) is 17.3. The molecule has 12 nitrogen and oxygen atoms in total. The number of aliphatic hydroxyl groups excluding tert-OH is 1. The summed E-state index contributed by atoms with van der Waals surface area (Å²) in [6.07, 6.45) is 1.46. The van der Waals surface area contributed by atoms with Gasteiger partial charge in [-0.15, -0.1) is 16.4 Å². The maximum absolute atomic E-state index is 16.2. The van der Waals surface area contributed by atoms with Crippen molar-refractivity contribution in [1.82, 2.24) is 24.9 Å². The van der Waals surface area contributed by atoms with Gasteiger partial charge in [0.1, 0.15) is 30.4 Å². The number of aryl methyl sites for hydroxylation is 1. The van der Waals surface area contributed by atoms with Crippen LogP contribution in [-0.4, -0.2) is 104 Å². The lowest BCUT2D eigenvalue weighted by atomic mass is 9.61. The van der Waals surface area contributed by atoms with Crippen molar-refractivity contribution in [3.05, 3.63) is 17.8 Å². The Labute approximate surface area is 281 Å². The number of Topliss-reactive ketones (excluding diaryl/α,β-unsaturated/α-hetero) is 2. The third-order valence-corrected chi connectivity index (χ3v) is 11.4. The van der Waals surface area contributed by atoms with E-state index in [4.69, 9.17) is 14.2 Å². The van der Waals surface area contributed by atoms with Crippen molar-refractivity contribution >= 4 is 36.8 Å². The molecule has 2 aliphatic heterocycles. The molecule has 0 saturated carbocycles. The predicted molar refractivity (Wildman–Crippen MR) is 176 cm³/mol. The molecular weight excluding hydrogens is 628 g/mol. The smallest absolute Gasteiger partial charge is 0.410 e. The fourth-order valence-corrected chi connectivity index (χ4v) is 7.99. The maximum Gasteiger partial charge on any atom is 0.410 e. The summed E-state index contributed by atoms with van der Waals surface area (Å²) in [7, 11) is 3.30. The molecule has 15 heteroatoms. The molecule has 1 unspecified atom stereocenters. The van der Waals surface area contributed by atoms with E-state index in [9.17, 15) is 19.5 Å². The number of hydrogen-bond acceptors (Lipinski definition) is 11. The number of methoxy groups -OCH3 is 1. The van der Waals surface area contributed by atoms with E-state index in [1.807, 2.05) is 25.4 Å². The number of aromatic nitrogens is 4. The lowest BCUT2D eigenvalue weighted by Gasteiger charge is -2.44. The van der Waals surface area contributed by atoms with E-state index >= 15 is 4.39 Å². The van der Waals surface area contributed by atoms with Gasteiger partial charge in [0, 0.05) is 49.5 Å². The van der Waals surface area contributed by atoms with Crippen LogP contribution in [0.3, 0.4) is 0 Å². The third kappa shape index (κ3) is 7.18. The average Bonchev–Trinajstić information content (AvgIpc) is 3.79. The summed E-state index contributed by atoms with van der Waals surface area (Å²) in [6, 6.07) is -0.792. The number of unbranched alkanes of at least 4 members (excludes halogenated alkanes) is 1. The highest BCUT2D eigenvalue weighted by atomic mass is 32.1. The molecule has 2 aliphatic rings. The predicted octanol–water partition coefficient (Wildman–Crippen LogP) is 3.88. The Morgan fingerprint density at radius 2 is 1.83 bits per heavy atom. The zero-order chi connectivity index (χ0) is 34.9. The fraction of sp³-hybridized carbons (Fsp3) is 0.750. The number of hydrogen-bond donors (Lipinski definition) is 1. The van der Waals surface area contributed by atoms with Crippen molar-refractivity contribution in [2.24, 2.45) is 17.8 Å². The molecule has 4 rings (SSSR count). The minimum absolute atomic E-state index is 0.0981. The number of nitrogens with zero attached hydrogens (tertiary/aromatic N) is 5. The molecule has 2 aromatic rings. The van der Waals surface area contributed by atoms with Gasteiger partial charge in [-0.2, -0.15) is 0 Å². The minimum atomic E-state index is -2.76. The van der Waals surface area contributed by atoms with Crippen molar-refractivity contribution in [2.75, 3.05) is 13.7 Å². The summed E-state index contributed by atoms with van der Waals surface area (Å²) in [5, 5.41) is 22.1. The van der Waals surface area contributed by atoms with Gasteiger partial charge in [-0.1, -0.05) is 32.9 Å². The molecule has 4 heterocycles. The molecular formula is C32H49BFN5O7S. The molecule has 0 radical (unpaired) electrons. The van der Waals surface area contributed by atoms with E-state index in [1.165, 1.54) is 18.4 Å². The highest BCUT2D eigenvalue weighted by molar-refractivity contribution is 7.13. The van der Waals surface area contributed by atoms with E-state index in [2.05, 4.69) is 15.3 Å². The number of ether oxygens (including phenoxy) is 3. The number of thiazole rings is 1. The monoisotopic (exact) mass is 677 g/mol. The van der Waals surface area contributed by atoms with Crippen LogP contribution in [0.4, 0.5) is 9.18 Å². The fourth-order valence-electron chi connectivity index (χ4n) is 7.41. The lowest BCUT2D eigenvalue weighted by molar-refractivity contribution is -0.235. The number of rotatable bonds is 8. The maximum atomic E-state index is 16.2. The zero-order valence-electron chi connectivity index (χ0n) is 28.9. The topological polar surface area (TPSA) is 146 Å². The Balaban J connectivity index is 1.63. The summed E-state index contributed by atoms with van der Waals surface area (Å²) in [5.74, 6) is -3.53. The molecule has 1 amide bonds. The van der Waals surface area contributed by atoms with Gasteiger partial charge in [0.15, 0.2) is 17.7 Å². The number of amides is 1. The largest absolute Gasteiger partial charge is 0.438 e. The van der Waals surface area contributed by atoms with Crippen LogP contribution in [0, 0.1) is 17.8 Å². The van der Waals surface area contributed by atoms with Crippen LogP contribution >= 0.6 is 11.3 Å². The summed E-state index contributed by atoms with van der Waals surface area (Å²) in [4.78, 5) is 47.1. The number of alkyl halides is 1. The molecule has 0 aromatic carbocycles. The van der Waals surface area contributed by atoms with E-state index in [1.54, 1.807) is 51.3 Å². The van der Waals surface area contributed by atoms with Crippen LogP contribution in [0.1, 0.15) is 74.1 Å². The molecule has 47 heavy (non-hydrogen) atoms. The standard InChI is InChI=1S/C32H49BFN5O7S/c1-9-22-32(7)25(39(29(43)46-32)14-11-10-13-38-17-21(36-37-38)27-35-12-15-47-27)19(3)23(40)18(2)16-30(5,44-8)24(33)20(4)26(41)31(6,34)28(42)45-22/h12,15,17-20,22,24-25,28,42H,9-11,13-14,16,33H2,1-8H3/t18-,19+,20-,22-,24-,25-,28?,30-,31+,32-/m1/s1. The highest BCUT2D eigenvalue weighted by Crippen LogP contribution is 2.45. The number of ketones is 2. The molecule has 2 saturated heterocycles. The van der Waals surface area contributed by atoms with Crippen LogP contribution in [0.25, 0.3) is 10.7 Å². The lowest BCUT2D eigenvalue weighted by Crippen LogP contribution is -2.60. The number of fused-ring (bicyclic) bond motifs is 1. The number of carbonyl (C=O) groups excluding carboxylic acids is 3. The Hall–Kier alpha value is -2.75. The first-order valence-electron chi connectivity index (χ1n) is 16.5. The van der Waals surface area contributed by atoms with Crippen LogP contribution in [0.2, 0.25) is 5.82 Å². The second kappa shape index (κ2) is 14.4. The van der Waals surface area contributed by atoms with Crippen LogP contribution in [0.5, 0.6) is 0 Å². The Morgan fingerprint density at radius 1 is 1.15 bits per heavy atom. The van der Waals surface area contributed by atoms with Crippen LogP contribution in [-0.2, 0) is 30.3 Å². The van der Waals surface area contributed by atoms with Crippen LogP contribution < -0.4 is 0 Å². The second-order valence-electron chi connectivity index (χ2n) is 13.8. The van der Waals surface area contributed by atoms with Gasteiger partial charge in [0.25, 0.3) is 0 Å². The summed E-state index contributed by atoms with van der Waals surface area (Å²) < 4.78 is 35.8. The van der Waals surface area contributed by atoms with Crippen molar-refractivity contribution in [3.63, 3.8) is 0 Å². The van der Waals surface area contributed by atoms with Crippen molar-refractivity contribution in [2.45, 2.75) is 122 Å². The molecule has 0 spiro atoms. The average molecular weight is 678 g/mol. The normalized spacial score (nSPS) is 37.4. The molecule has 260 valence electrons. The van der Waals surface area contributed by atoms with Crippen molar-refractivity contribution in [3.8, 4) is 10.7 Å². The summed E-state index contributed by atoms with van der Waals surface area (Å²) in [6.45, 7) is 12.3. The zero-order valence-corrected chi connectivity index (χ0v) is 29.8. The Morgan fingerprint density at radius 3 is 2.45 bits per heavy atom. The number of halogens is 1. The SMILES string of the molecule is B[C@@H]1[C@@H](C)C(=O)[C@](C)(F)C(O)O[C@H](CC)[C@@]2(C)OC(=O)N(CCCCn3cc(-c4nccs4)nn3)[C@@H]2[C@@H](C)C(=O)[C@H](C)C[C@@]1(C)OC. The van der Waals surface area contributed by atoms with Gasteiger partial charge in [-0.25, -0.2) is 14.2 Å². The van der Waals surface area contributed by atoms with Gasteiger partial charge >= 0.3 is 6.09 Å².